The molecule has 1 atom stereocenters. The lowest BCUT2D eigenvalue weighted by Crippen LogP contribution is -3.11. The van der Waals surface area contributed by atoms with Crippen LogP contribution in [0.5, 0.6) is 0 Å². The molecule has 0 aliphatic carbocycles. The van der Waals surface area contributed by atoms with Crippen LogP contribution in [0.4, 0.5) is 9.80 Å². The number of likely N-dealkylation sites (N-methyl/N-ethyl adjacent to an activating group) is 1. The highest BCUT2D eigenvalue weighted by atomic mass is 32.1. The van der Waals surface area contributed by atoms with E-state index in [1.807, 2.05) is 0 Å². The quantitative estimate of drug-likeness (QED) is 0.516. The van der Waals surface area contributed by atoms with E-state index in [0.29, 0.717) is 23.7 Å². The third kappa shape index (κ3) is 4.48. The Morgan fingerprint density at radius 3 is 2.75 bits per heavy atom. The van der Waals surface area contributed by atoms with Crippen LogP contribution < -0.4 is 15.5 Å². The number of amides is 2. The molecule has 3 N–H and O–H groups in total. The molecule has 0 saturated heterocycles. The summed E-state index contributed by atoms with van der Waals surface area (Å²) < 4.78 is 5.22. The Hall–Kier alpha value is -1.60. The number of ether oxygens (including phenoxy) is 1. The molecule has 0 spiro atoms. The van der Waals surface area contributed by atoms with Crippen LogP contribution in [0.2, 0.25) is 0 Å². The summed E-state index contributed by atoms with van der Waals surface area (Å²) in [5, 5.41) is 6.30. The summed E-state index contributed by atoms with van der Waals surface area (Å²) >= 11 is 1.51. The molecule has 1 aliphatic rings. The molecule has 0 fully saturated rings. The third-order valence-electron chi connectivity index (χ3n) is 4.25. The average Bonchev–Trinajstić information content (AvgIpc) is 2.91. The topological polar surface area (TPSA) is 71.9 Å². The molecule has 2 rings (SSSR count). The summed E-state index contributed by atoms with van der Waals surface area (Å²) in [4.78, 5) is 27.2. The van der Waals surface area contributed by atoms with Gasteiger partial charge in [0.15, 0.2) is 0 Å². The van der Waals surface area contributed by atoms with Crippen LogP contribution in [0.15, 0.2) is 0 Å². The van der Waals surface area contributed by atoms with Crippen LogP contribution in [0.25, 0.3) is 0 Å². The molecule has 2 amide bonds. The monoisotopic (exact) mass is 354 g/mol. The molecule has 1 aromatic rings. The van der Waals surface area contributed by atoms with E-state index in [9.17, 15) is 9.59 Å². The number of unbranched alkanes of at least 4 members (excludes halogenated alkanes) is 1. The van der Waals surface area contributed by atoms with Gasteiger partial charge in [-0.25, -0.2) is 9.59 Å². The summed E-state index contributed by atoms with van der Waals surface area (Å²) in [6, 6.07) is -0.257. The fourth-order valence-corrected chi connectivity index (χ4v) is 4.17. The van der Waals surface area contributed by atoms with Crippen molar-refractivity contribution in [3.63, 3.8) is 0 Å². The second kappa shape index (κ2) is 9.03. The van der Waals surface area contributed by atoms with Crippen molar-refractivity contribution in [2.24, 2.45) is 0 Å². The van der Waals surface area contributed by atoms with Crippen molar-refractivity contribution in [1.82, 2.24) is 5.32 Å². The molecule has 1 aromatic heterocycles. The van der Waals surface area contributed by atoms with E-state index in [1.54, 1.807) is 6.92 Å². The molecule has 134 valence electrons. The van der Waals surface area contributed by atoms with E-state index in [2.05, 4.69) is 24.5 Å². The summed E-state index contributed by atoms with van der Waals surface area (Å²) in [7, 11) is 0. The van der Waals surface area contributed by atoms with Crippen molar-refractivity contribution in [2.75, 3.05) is 31.6 Å². The Balaban J connectivity index is 2.21. The van der Waals surface area contributed by atoms with Crippen LogP contribution in [-0.4, -0.2) is 38.2 Å². The van der Waals surface area contributed by atoms with Crippen molar-refractivity contribution in [2.45, 2.75) is 46.6 Å². The molecule has 0 saturated carbocycles. The van der Waals surface area contributed by atoms with E-state index < -0.39 is 0 Å². The minimum atomic E-state index is -0.334. The van der Waals surface area contributed by atoms with Gasteiger partial charge in [-0.05, 0) is 25.8 Å². The van der Waals surface area contributed by atoms with Crippen molar-refractivity contribution >= 4 is 28.3 Å². The summed E-state index contributed by atoms with van der Waals surface area (Å²) in [5.41, 5.74) is 1.61. The number of rotatable bonds is 7. The second-order valence-corrected chi connectivity index (χ2v) is 7.05. The minimum Gasteiger partial charge on any atom is -0.462 e. The van der Waals surface area contributed by atoms with E-state index in [4.69, 9.17) is 4.74 Å². The van der Waals surface area contributed by atoms with E-state index in [1.165, 1.54) is 21.1 Å². The average molecular weight is 354 g/mol. The van der Waals surface area contributed by atoms with Gasteiger partial charge in [0.2, 0.25) is 0 Å². The fourth-order valence-electron chi connectivity index (χ4n) is 2.87. The lowest BCUT2D eigenvalue weighted by atomic mass is 10.0. The first kappa shape index (κ1) is 18.7. The summed E-state index contributed by atoms with van der Waals surface area (Å²) in [5.74, 6) is -0.334. The number of esters is 1. The van der Waals surface area contributed by atoms with Gasteiger partial charge in [0.25, 0.3) is 0 Å². The number of nitrogens with one attached hydrogen (secondary N) is 3. The molecule has 2 heterocycles. The third-order valence-corrected chi connectivity index (χ3v) is 5.40. The van der Waals surface area contributed by atoms with Crippen LogP contribution in [0.3, 0.4) is 0 Å². The Morgan fingerprint density at radius 2 is 2.08 bits per heavy atom. The fraction of sp³-hybridized carbons (Fsp3) is 0.647. The number of quaternary nitrogens is 1. The number of anilines is 1. The molecule has 0 radical (unpaired) electrons. The predicted octanol–water partition coefficient (Wildman–Crippen LogP) is 1.81. The first-order valence-corrected chi connectivity index (χ1v) is 9.62. The Kier molecular flexibility index (Phi) is 7.05. The van der Waals surface area contributed by atoms with Crippen molar-refractivity contribution < 1.29 is 19.2 Å². The van der Waals surface area contributed by atoms with Crippen LogP contribution in [0, 0.1) is 0 Å². The number of carbonyl (C=O) groups is 2. The molecule has 0 bridgehead atoms. The smallest absolute Gasteiger partial charge is 0.341 e. The first-order chi connectivity index (χ1) is 11.6. The van der Waals surface area contributed by atoms with Crippen molar-refractivity contribution in [3.8, 4) is 0 Å². The zero-order valence-electron chi connectivity index (χ0n) is 14.8. The largest absolute Gasteiger partial charge is 0.462 e. The zero-order valence-corrected chi connectivity index (χ0v) is 15.6. The Bertz CT molecular complexity index is 586. The van der Waals surface area contributed by atoms with Gasteiger partial charge >= 0.3 is 12.0 Å². The van der Waals surface area contributed by atoms with Crippen molar-refractivity contribution in [3.05, 3.63) is 16.0 Å². The highest BCUT2D eigenvalue weighted by molar-refractivity contribution is 7.16. The summed E-state index contributed by atoms with van der Waals surface area (Å²) in [6.07, 6.45) is 2.81. The first-order valence-electron chi connectivity index (χ1n) is 8.80. The standard InChI is InChI=1S/C17H27N3O3S/c1-4-7-9-18-17(22)19-15-14(16(21)23-6-3)12-8-10-20(5-2)11-13(12)24-15/h4-11H2,1-3H3,(H2,18,19,22)/p+1. The van der Waals surface area contributed by atoms with Gasteiger partial charge in [-0.3, -0.25) is 5.32 Å². The molecule has 1 aliphatic heterocycles. The maximum atomic E-state index is 12.4. The maximum absolute atomic E-state index is 12.4. The highest BCUT2D eigenvalue weighted by Gasteiger charge is 2.30. The van der Waals surface area contributed by atoms with Crippen LogP contribution >= 0.6 is 11.3 Å². The predicted molar refractivity (Wildman–Crippen MR) is 96.0 cm³/mol. The van der Waals surface area contributed by atoms with E-state index in [-0.39, 0.29) is 12.0 Å². The zero-order chi connectivity index (χ0) is 17.5. The summed E-state index contributed by atoms with van der Waals surface area (Å²) in [6.45, 7) is 9.98. The van der Waals surface area contributed by atoms with Crippen LogP contribution in [-0.2, 0) is 17.7 Å². The van der Waals surface area contributed by atoms with Crippen LogP contribution in [0.1, 0.15) is 54.4 Å². The highest BCUT2D eigenvalue weighted by Crippen LogP contribution is 2.35. The minimum absolute atomic E-state index is 0.257. The van der Waals surface area contributed by atoms with Gasteiger partial charge in [0.05, 0.1) is 30.1 Å². The number of hydrogen-bond donors (Lipinski definition) is 3. The van der Waals surface area contributed by atoms with Gasteiger partial charge in [-0.15, -0.1) is 11.3 Å². The molecular weight excluding hydrogens is 326 g/mol. The van der Waals surface area contributed by atoms with Gasteiger partial charge in [-0.1, -0.05) is 13.3 Å². The Labute approximate surface area is 147 Å². The van der Waals surface area contributed by atoms with E-state index >= 15 is 0 Å². The molecular formula is C17H28N3O3S+. The lowest BCUT2D eigenvalue weighted by Gasteiger charge is -2.22. The number of hydrogen-bond acceptors (Lipinski definition) is 4. The SMILES string of the molecule is CCCCNC(=O)Nc1sc2c(c1C(=O)OCC)CC[NH+](CC)C2. The molecule has 1 unspecified atom stereocenters. The molecule has 6 nitrogen and oxygen atoms in total. The van der Waals surface area contributed by atoms with Crippen molar-refractivity contribution in [1.29, 1.82) is 0 Å². The normalized spacial score (nSPS) is 16.4. The maximum Gasteiger partial charge on any atom is 0.341 e. The molecule has 7 heteroatoms. The second-order valence-electron chi connectivity index (χ2n) is 5.94. The molecule has 24 heavy (non-hydrogen) atoms. The molecule has 0 aromatic carbocycles. The number of thiophene rings is 1. The number of fused-ring (bicyclic) bond motifs is 1. The van der Waals surface area contributed by atoms with Gasteiger partial charge in [0, 0.05) is 13.0 Å². The number of carbonyl (C=O) groups excluding carboxylic acids is 2. The Morgan fingerprint density at radius 1 is 1.29 bits per heavy atom. The lowest BCUT2D eigenvalue weighted by molar-refractivity contribution is -0.913. The number of urea groups is 1. The van der Waals surface area contributed by atoms with Gasteiger partial charge in [-0.2, -0.15) is 0 Å². The van der Waals surface area contributed by atoms with Gasteiger partial charge in [0.1, 0.15) is 11.5 Å². The van der Waals surface area contributed by atoms with Gasteiger partial charge < -0.3 is 15.0 Å². The van der Waals surface area contributed by atoms with E-state index in [0.717, 1.165) is 44.5 Å².